The largest absolute Gasteiger partial charge is 0.274 e. The molecule has 21 heavy (non-hydrogen) atoms. The van der Waals surface area contributed by atoms with E-state index in [1.165, 1.54) is 4.68 Å². The van der Waals surface area contributed by atoms with Crippen LogP contribution in [0.4, 0.5) is 5.82 Å². The Labute approximate surface area is 123 Å². The maximum atomic E-state index is 12.1. The molecule has 5 nitrogen and oxygen atoms in total. The molecule has 0 bridgehead atoms. The molecule has 0 atom stereocenters. The van der Waals surface area contributed by atoms with Crippen LogP contribution in [0.25, 0.3) is 10.8 Å². The summed E-state index contributed by atoms with van der Waals surface area (Å²) in [4.78, 5) is 12.1. The van der Waals surface area contributed by atoms with Gasteiger partial charge in [-0.3, -0.25) is 4.79 Å². The van der Waals surface area contributed by atoms with Crippen LogP contribution in [0.2, 0.25) is 0 Å². The molecule has 0 N–H and O–H groups in total. The number of rotatable bonds is 3. The molecule has 1 fully saturated rings. The van der Waals surface area contributed by atoms with Crippen molar-refractivity contribution in [3.63, 3.8) is 0 Å². The maximum Gasteiger partial charge on any atom is 0.274 e. The minimum absolute atomic E-state index is 0.109. The second-order valence-electron chi connectivity index (χ2n) is 4.78. The number of aryl methyl sites for hydroxylation is 1. The van der Waals surface area contributed by atoms with Crippen LogP contribution in [0.15, 0.2) is 34.2 Å². The number of hydrogen-bond donors (Lipinski definition) is 0. The Balaban J connectivity index is 1.99. The van der Waals surface area contributed by atoms with Crippen LogP contribution in [0.3, 0.4) is 0 Å². The Hall–Kier alpha value is -2.17. The fourth-order valence-electron chi connectivity index (χ4n) is 2.20. The van der Waals surface area contributed by atoms with Gasteiger partial charge in [0.1, 0.15) is 0 Å². The molecular formula is C16H15N4O. The van der Waals surface area contributed by atoms with E-state index in [4.69, 9.17) is 0 Å². The van der Waals surface area contributed by atoms with Gasteiger partial charge in [-0.2, -0.15) is 5.10 Å². The molecule has 3 rings (SSSR count). The summed E-state index contributed by atoms with van der Waals surface area (Å²) < 4.78 is 1.34. The van der Waals surface area contributed by atoms with E-state index in [1.54, 1.807) is 24.3 Å². The van der Waals surface area contributed by atoms with E-state index in [0.29, 0.717) is 11.2 Å². The lowest BCUT2D eigenvalue weighted by atomic mass is 10.1. The van der Waals surface area contributed by atoms with E-state index in [-0.39, 0.29) is 5.56 Å². The van der Waals surface area contributed by atoms with Gasteiger partial charge in [0.05, 0.1) is 5.39 Å². The molecule has 0 amide bonds. The summed E-state index contributed by atoms with van der Waals surface area (Å²) in [6.07, 6.45) is 9.64. The van der Waals surface area contributed by atoms with Crippen LogP contribution >= 0.6 is 0 Å². The fourth-order valence-corrected chi connectivity index (χ4v) is 2.20. The minimum atomic E-state index is -0.109. The van der Waals surface area contributed by atoms with Crippen molar-refractivity contribution in [1.29, 1.82) is 0 Å². The Morgan fingerprint density at radius 1 is 1.19 bits per heavy atom. The Morgan fingerprint density at radius 3 is 2.57 bits per heavy atom. The normalized spacial score (nSPS) is 16.1. The van der Waals surface area contributed by atoms with Crippen molar-refractivity contribution < 1.29 is 0 Å². The molecular weight excluding hydrogens is 264 g/mol. The molecule has 1 aliphatic carbocycles. The number of fused-ring (bicyclic) bond motifs is 1. The zero-order chi connectivity index (χ0) is 14.8. The van der Waals surface area contributed by atoms with E-state index in [9.17, 15) is 4.79 Å². The smallest absolute Gasteiger partial charge is 0.267 e. The topological polar surface area (TPSA) is 50.5 Å². The first-order chi connectivity index (χ1) is 10.2. The van der Waals surface area contributed by atoms with Crippen LogP contribution in [0, 0.1) is 31.6 Å². The number of anilines is 1. The highest BCUT2D eigenvalue weighted by atomic mass is 16.1. The average molecular weight is 279 g/mol. The molecule has 0 unspecified atom stereocenters. The van der Waals surface area contributed by atoms with Gasteiger partial charge in [-0.05, 0) is 31.7 Å². The van der Waals surface area contributed by atoms with Crippen LogP contribution in [-0.2, 0) is 7.05 Å². The van der Waals surface area contributed by atoms with Crippen molar-refractivity contribution in [2.75, 3.05) is 12.1 Å². The van der Waals surface area contributed by atoms with Crippen LogP contribution in [0.5, 0.6) is 0 Å². The number of nitrogens with zero attached hydrogens (tertiary/aromatic N) is 4. The summed E-state index contributed by atoms with van der Waals surface area (Å²) in [5.41, 5.74) is -0.109. The second kappa shape index (κ2) is 5.68. The third kappa shape index (κ3) is 2.68. The molecule has 1 aliphatic rings. The second-order valence-corrected chi connectivity index (χ2v) is 4.78. The predicted molar refractivity (Wildman–Crippen MR) is 84.3 cm³/mol. The lowest BCUT2D eigenvalue weighted by Gasteiger charge is -2.15. The molecule has 1 heterocycles. The van der Waals surface area contributed by atoms with Gasteiger partial charge >= 0.3 is 0 Å². The van der Waals surface area contributed by atoms with E-state index in [1.807, 2.05) is 50.9 Å². The zero-order valence-corrected chi connectivity index (χ0v) is 11.9. The van der Waals surface area contributed by atoms with Gasteiger partial charge in [0.15, 0.2) is 5.82 Å². The number of hydrogen-bond acceptors (Lipinski definition) is 4. The van der Waals surface area contributed by atoms with E-state index in [0.717, 1.165) is 11.3 Å². The minimum Gasteiger partial charge on any atom is -0.267 e. The third-order valence-electron chi connectivity index (χ3n) is 3.31. The van der Waals surface area contributed by atoms with Crippen molar-refractivity contribution in [3.05, 3.63) is 66.2 Å². The lowest BCUT2D eigenvalue weighted by molar-refractivity contribution is 0.709. The lowest BCUT2D eigenvalue weighted by Crippen LogP contribution is -2.23. The Kier molecular flexibility index (Phi) is 3.73. The van der Waals surface area contributed by atoms with Crippen LogP contribution < -0.4 is 10.6 Å². The molecule has 1 aromatic carbocycles. The van der Waals surface area contributed by atoms with Crippen molar-refractivity contribution in [2.45, 2.75) is 0 Å². The molecule has 0 spiro atoms. The predicted octanol–water partition coefficient (Wildman–Crippen LogP) is 1.76. The third-order valence-corrected chi connectivity index (χ3v) is 3.31. The highest BCUT2D eigenvalue weighted by Gasteiger charge is 2.16. The van der Waals surface area contributed by atoms with Crippen LogP contribution in [0.1, 0.15) is 0 Å². The van der Waals surface area contributed by atoms with Crippen molar-refractivity contribution in [1.82, 2.24) is 9.78 Å². The monoisotopic (exact) mass is 279 g/mol. The first-order valence-corrected chi connectivity index (χ1v) is 6.62. The quantitative estimate of drug-likeness (QED) is 0.635. The Morgan fingerprint density at radius 2 is 1.86 bits per heavy atom. The van der Waals surface area contributed by atoms with E-state index < -0.39 is 0 Å². The summed E-state index contributed by atoms with van der Waals surface area (Å²) in [6, 6.07) is 7.42. The van der Waals surface area contributed by atoms with Crippen molar-refractivity contribution in [3.8, 4) is 0 Å². The van der Waals surface area contributed by atoms with Gasteiger partial charge in [-0.15, -0.1) is 5.10 Å². The Bertz CT molecular complexity index is 729. The number of hydrazone groups is 1. The zero-order valence-electron chi connectivity index (χ0n) is 11.9. The van der Waals surface area contributed by atoms with Crippen molar-refractivity contribution >= 4 is 22.8 Å². The average Bonchev–Trinajstić information content (AvgIpc) is 3.02. The molecule has 2 aromatic rings. The van der Waals surface area contributed by atoms with Crippen molar-refractivity contribution in [2.24, 2.45) is 12.1 Å². The van der Waals surface area contributed by atoms with E-state index >= 15 is 0 Å². The highest BCUT2D eigenvalue weighted by molar-refractivity contribution is 5.92. The fraction of sp³-hybridized carbons (Fsp3) is 0.125. The summed E-state index contributed by atoms with van der Waals surface area (Å²) in [7, 11) is 3.46. The standard InChI is InChI=1S/C16H15N4O/c1-19(17-11-12-7-3-4-8-12)15-13-9-5-6-10-14(13)16(21)20(2)18-15/h3-11H,1-2H3/b17-11+. The molecule has 5 heteroatoms. The van der Waals surface area contributed by atoms with Gasteiger partial charge in [0.25, 0.3) is 5.56 Å². The number of aromatic nitrogens is 2. The van der Waals surface area contributed by atoms with Gasteiger partial charge in [-0.1, -0.05) is 18.2 Å². The molecule has 0 saturated heterocycles. The molecule has 5 radical (unpaired) electrons. The van der Waals surface area contributed by atoms with Crippen LogP contribution in [-0.4, -0.2) is 23.0 Å². The number of benzene rings is 1. The van der Waals surface area contributed by atoms with Gasteiger partial charge in [0, 0.05) is 31.6 Å². The van der Waals surface area contributed by atoms with E-state index in [2.05, 4.69) is 10.2 Å². The van der Waals surface area contributed by atoms with Gasteiger partial charge < -0.3 is 0 Å². The molecule has 105 valence electrons. The summed E-state index contributed by atoms with van der Waals surface area (Å²) in [6.45, 7) is 0. The molecule has 0 aliphatic heterocycles. The summed E-state index contributed by atoms with van der Waals surface area (Å²) in [5.74, 6) is 1.67. The van der Waals surface area contributed by atoms with Gasteiger partial charge in [0.2, 0.25) is 0 Å². The first-order valence-electron chi connectivity index (χ1n) is 6.62. The first kappa shape index (κ1) is 13.8. The summed E-state index contributed by atoms with van der Waals surface area (Å²) >= 11 is 0. The SMILES string of the molecule is CN(/N=C/[C]1[CH][CH][CH][CH]1)c1nn(C)c(=O)c2ccccc12. The maximum absolute atomic E-state index is 12.1. The van der Waals surface area contributed by atoms with Gasteiger partial charge in [-0.25, -0.2) is 9.69 Å². The molecule has 1 saturated carbocycles. The highest BCUT2D eigenvalue weighted by Crippen LogP contribution is 2.23. The summed E-state index contributed by atoms with van der Waals surface area (Å²) in [5, 5.41) is 11.8. The molecule has 1 aromatic heterocycles.